The number of nitrogens with zero attached hydrogens (tertiary/aromatic N) is 1. The summed E-state index contributed by atoms with van der Waals surface area (Å²) in [6.45, 7) is 12.6. The van der Waals surface area contributed by atoms with Crippen LogP contribution in [0.2, 0.25) is 0 Å². The molecule has 0 aliphatic heterocycles. The first-order chi connectivity index (χ1) is 20.6. The molecule has 0 atom stereocenters. The van der Waals surface area contributed by atoms with Crippen LogP contribution in [0.1, 0.15) is 195 Å². The van der Waals surface area contributed by atoms with Crippen LogP contribution >= 0.6 is 0 Å². The molecule has 0 radical (unpaired) electrons. The van der Waals surface area contributed by atoms with E-state index in [0.717, 1.165) is 64.6 Å². The van der Waals surface area contributed by atoms with Gasteiger partial charge in [0, 0.05) is 12.8 Å². The smallest absolute Gasteiger partial charge is 0.306 e. The van der Waals surface area contributed by atoms with Gasteiger partial charge in [-0.1, -0.05) is 130 Å². The highest BCUT2D eigenvalue weighted by molar-refractivity contribution is 5.69. The van der Waals surface area contributed by atoms with Crippen molar-refractivity contribution in [3.05, 3.63) is 0 Å². The van der Waals surface area contributed by atoms with Crippen molar-refractivity contribution in [2.24, 2.45) is 0 Å². The van der Waals surface area contributed by atoms with Crippen molar-refractivity contribution in [3.8, 4) is 0 Å². The maximum Gasteiger partial charge on any atom is 0.306 e. The fraction of sp³-hybridized carbons (Fsp3) is 0.946. The van der Waals surface area contributed by atoms with Gasteiger partial charge in [-0.05, 0) is 71.0 Å². The highest BCUT2D eigenvalue weighted by Gasteiger charge is 2.14. The molecular weight excluding hydrogens is 522 g/mol. The second-order valence-electron chi connectivity index (χ2n) is 12.6. The summed E-state index contributed by atoms with van der Waals surface area (Å²) < 4.78 is 11.3. The average molecular weight is 596 g/mol. The summed E-state index contributed by atoms with van der Waals surface area (Å²) in [5.41, 5.74) is 0. The summed E-state index contributed by atoms with van der Waals surface area (Å²) >= 11 is 0. The molecular formula is C37H73NO4. The first kappa shape index (κ1) is 40.9. The largest absolute Gasteiger partial charge is 0.466 e. The number of rotatable bonds is 33. The lowest BCUT2D eigenvalue weighted by atomic mass is 10.0. The van der Waals surface area contributed by atoms with Crippen LogP contribution in [0.25, 0.3) is 0 Å². The van der Waals surface area contributed by atoms with Gasteiger partial charge in [-0.3, -0.25) is 9.59 Å². The van der Waals surface area contributed by atoms with Gasteiger partial charge in [0.2, 0.25) is 0 Å². The van der Waals surface area contributed by atoms with Gasteiger partial charge in [-0.25, -0.2) is 0 Å². The molecule has 0 aliphatic carbocycles. The van der Waals surface area contributed by atoms with E-state index in [1.807, 2.05) is 0 Å². The number of esters is 2. The van der Waals surface area contributed by atoms with Gasteiger partial charge < -0.3 is 14.4 Å². The molecule has 42 heavy (non-hydrogen) atoms. The maximum absolute atomic E-state index is 12.6. The molecule has 0 aromatic carbocycles. The standard InChI is InChI=1S/C37H73NO4/c1-5-9-12-15-18-22-28-35(29-23-19-16-13-10-6-2)42-37(40)30-24-20-17-21-25-32-38(8-4)33-27-31-36(39)41-34-26-14-11-7-3/h35H,5-34H2,1-4H3. The van der Waals surface area contributed by atoms with Crippen molar-refractivity contribution in [1.82, 2.24) is 4.90 Å². The van der Waals surface area contributed by atoms with Gasteiger partial charge >= 0.3 is 11.9 Å². The normalized spacial score (nSPS) is 11.5. The van der Waals surface area contributed by atoms with Crippen LogP contribution in [0.15, 0.2) is 0 Å². The Labute approximate surface area is 262 Å². The molecule has 5 nitrogen and oxygen atoms in total. The second-order valence-corrected chi connectivity index (χ2v) is 12.6. The molecule has 0 rings (SSSR count). The van der Waals surface area contributed by atoms with Crippen LogP contribution in [0.5, 0.6) is 0 Å². The molecule has 0 aromatic rings. The van der Waals surface area contributed by atoms with Crippen molar-refractivity contribution >= 4 is 11.9 Å². The van der Waals surface area contributed by atoms with E-state index >= 15 is 0 Å². The first-order valence-corrected chi connectivity index (χ1v) is 18.6. The minimum Gasteiger partial charge on any atom is -0.466 e. The lowest BCUT2D eigenvalue weighted by Gasteiger charge is -2.20. The van der Waals surface area contributed by atoms with E-state index in [1.54, 1.807) is 0 Å². The summed E-state index contributed by atoms with van der Waals surface area (Å²) in [6.07, 6.45) is 29.8. The fourth-order valence-corrected chi connectivity index (χ4v) is 5.61. The number of carbonyl (C=O) groups is 2. The summed E-state index contributed by atoms with van der Waals surface area (Å²) in [5.74, 6) is -0.0224. The third-order valence-corrected chi connectivity index (χ3v) is 8.48. The third kappa shape index (κ3) is 29.0. The van der Waals surface area contributed by atoms with Crippen LogP contribution in [-0.2, 0) is 19.1 Å². The molecule has 0 amide bonds. The van der Waals surface area contributed by atoms with E-state index in [9.17, 15) is 9.59 Å². The lowest BCUT2D eigenvalue weighted by molar-refractivity contribution is -0.150. The predicted molar refractivity (Wildman–Crippen MR) is 180 cm³/mol. The predicted octanol–water partition coefficient (Wildman–Crippen LogP) is 11.0. The Morgan fingerprint density at radius 3 is 1.52 bits per heavy atom. The number of hydrogen-bond acceptors (Lipinski definition) is 5. The Bertz CT molecular complexity index is 566. The van der Waals surface area contributed by atoms with Gasteiger partial charge in [0.15, 0.2) is 0 Å². The zero-order chi connectivity index (χ0) is 30.9. The Hall–Kier alpha value is -1.10. The number of carbonyl (C=O) groups excluding carboxylic acids is 2. The minimum atomic E-state index is -0.0442. The third-order valence-electron chi connectivity index (χ3n) is 8.48. The Morgan fingerprint density at radius 2 is 0.952 bits per heavy atom. The highest BCUT2D eigenvalue weighted by Crippen LogP contribution is 2.18. The highest BCUT2D eigenvalue weighted by atomic mass is 16.5. The topological polar surface area (TPSA) is 55.8 Å². The van der Waals surface area contributed by atoms with Crippen molar-refractivity contribution in [2.75, 3.05) is 26.2 Å². The Kier molecular flexibility index (Phi) is 31.9. The van der Waals surface area contributed by atoms with Crippen LogP contribution in [0.3, 0.4) is 0 Å². The Balaban J connectivity index is 4.00. The summed E-state index contributed by atoms with van der Waals surface area (Å²) in [7, 11) is 0. The Morgan fingerprint density at radius 1 is 0.500 bits per heavy atom. The van der Waals surface area contributed by atoms with Crippen molar-refractivity contribution < 1.29 is 19.1 Å². The van der Waals surface area contributed by atoms with E-state index in [0.29, 0.717) is 19.4 Å². The molecule has 0 aromatic heterocycles. The molecule has 0 unspecified atom stereocenters. The molecule has 0 N–H and O–H groups in total. The van der Waals surface area contributed by atoms with E-state index in [1.165, 1.54) is 109 Å². The molecule has 0 heterocycles. The minimum absolute atomic E-state index is 0.0219. The molecule has 0 saturated heterocycles. The van der Waals surface area contributed by atoms with Crippen LogP contribution in [-0.4, -0.2) is 49.2 Å². The van der Waals surface area contributed by atoms with E-state index < -0.39 is 0 Å². The zero-order valence-corrected chi connectivity index (χ0v) is 28.9. The lowest BCUT2D eigenvalue weighted by Crippen LogP contribution is -2.26. The van der Waals surface area contributed by atoms with Gasteiger partial charge in [0.25, 0.3) is 0 Å². The van der Waals surface area contributed by atoms with Crippen molar-refractivity contribution in [3.63, 3.8) is 0 Å². The summed E-state index contributed by atoms with van der Waals surface area (Å²) in [4.78, 5) is 27.0. The van der Waals surface area contributed by atoms with Gasteiger partial charge in [0.1, 0.15) is 6.10 Å². The SMILES string of the molecule is CCCCCCCCC(CCCCCCCC)OC(=O)CCCCCCCN(CC)CCCC(=O)OCCCCCC. The van der Waals surface area contributed by atoms with Crippen LogP contribution in [0, 0.1) is 0 Å². The van der Waals surface area contributed by atoms with Crippen LogP contribution in [0.4, 0.5) is 0 Å². The molecule has 0 fully saturated rings. The molecule has 0 saturated carbocycles. The number of ether oxygens (including phenoxy) is 2. The number of hydrogen-bond donors (Lipinski definition) is 0. The monoisotopic (exact) mass is 596 g/mol. The molecule has 250 valence electrons. The summed E-state index contributed by atoms with van der Waals surface area (Å²) in [5, 5.41) is 0. The van der Waals surface area contributed by atoms with E-state index in [2.05, 4.69) is 32.6 Å². The van der Waals surface area contributed by atoms with Gasteiger partial charge in [0.05, 0.1) is 6.61 Å². The fourth-order valence-electron chi connectivity index (χ4n) is 5.61. The molecule has 5 heteroatoms. The van der Waals surface area contributed by atoms with Gasteiger partial charge in [-0.2, -0.15) is 0 Å². The van der Waals surface area contributed by atoms with Gasteiger partial charge in [-0.15, -0.1) is 0 Å². The van der Waals surface area contributed by atoms with E-state index in [-0.39, 0.29) is 18.0 Å². The molecule has 0 aliphatic rings. The molecule has 0 spiro atoms. The van der Waals surface area contributed by atoms with Crippen molar-refractivity contribution in [1.29, 1.82) is 0 Å². The summed E-state index contributed by atoms with van der Waals surface area (Å²) in [6, 6.07) is 0. The van der Waals surface area contributed by atoms with Crippen molar-refractivity contribution in [2.45, 2.75) is 201 Å². The second kappa shape index (κ2) is 32.8. The molecule has 0 bridgehead atoms. The maximum atomic E-state index is 12.6. The van der Waals surface area contributed by atoms with E-state index in [4.69, 9.17) is 9.47 Å². The zero-order valence-electron chi connectivity index (χ0n) is 28.9. The van der Waals surface area contributed by atoms with Crippen LogP contribution < -0.4 is 0 Å². The quantitative estimate of drug-likeness (QED) is 0.0558. The first-order valence-electron chi connectivity index (χ1n) is 18.6. The number of unbranched alkanes of at least 4 members (excludes halogenated alkanes) is 17. The average Bonchev–Trinajstić information content (AvgIpc) is 2.98.